The maximum atomic E-state index is 12.3. The quantitative estimate of drug-likeness (QED) is 0.751. The van der Waals surface area contributed by atoms with E-state index >= 15 is 0 Å². The third kappa shape index (κ3) is 2.59. The average molecular weight is 298 g/mol. The number of amides is 1. The largest absolute Gasteiger partial charge is 0.358 e. The van der Waals surface area contributed by atoms with Crippen molar-refractivity contribution in [1.82, 2.24) is 10.3 Å². The molecule has 108 valence electrons. The SMILES string of the molecule is Cc1cscc1CNC(=O)c1ccc2[nH]c(C)c(C)c2c1. The first-order valence-corrected chi connectivity index (χ1v) is 7.89. The number of hydrogen-bond donors (Lipinski definition) is 2. The fourth-order valence-electron chi connectivity index (χ4n) is 2.45. The van der Waals surface area contributed by atoms with Gasteiger partial charge in [0.25, 0.3) is 5.91 Å². The van der Waals surface area contributed by atoms with E-state index in [2.05, 4.69) is 41.8 Å². The lowest BCUT2D eigenvalue weighted by Crippen LogP contribution is -2.22. The smallest absolute Gasteiger partial charge is 0.251 e. The van der Waals surface area contributed by atoms with E-state index in [-0.39, 0.29) is 5.91 Å². The van der Waals surface area contributed by atoms with Gasteiger partial charge >= 0.3 is 0 Å². The molecule has 3 aromatic rings. The molecule has 0 unspecified atom stereocenters. The molecule has 0 spiro atoms. The summed E-state index contributed by atoms with van der Waals surface area (Å²) in [4.78, 5) is 15.6. The van der Waals surface area contributed by atoms with E-state index in [4.69, 9.17) is 0 Å². The molecule has 1 amide bonds. The molecule has 2 heterocycles. The normalized spacial score (nSPS) is 11.0. The molecule has 0 radical (unpaired) electrons. The monoisotopic (exact) mass is 298 g/mol. The summed E-state index contributed by atoms with van der Waals surface area (Å²) in [7, 11) is 0. The van der Waals surface area contributed by atoms with E-state index in [1.807, 2.05) is 18.2 Å². The van der Waals surface area contributed by atoms with E-state index in [1.165, 1.54) is 16.7 Å². The highest BCUT2D eigenvalue weighted by Crippen LogP contribution is 2.22. The molecule has 1 aromatic carbocycles. The predicted octanol–water partition coefficient (Wildman–Crippen LogP) is 4.08. The van der Waals surface area contributed by atoms with Crippen molar-refractivity contribution in [2.45, 2.75) is 27.3 Å². The zero-order valence-electron chi connectivity index (χ0n) is 12.4. The topological polar surface area (TPSA) is 44.9 Å². The Kier molecular flexibility index (Phi) is 3.55. The number of thiophene rings is 1. The molecule has 0 fully saturated rings. The first-order chi connectivity index (χ1) is 10.1. The Morgan fingerprint density at radius 1 is 1.24 bits per heavy atom. The molecule has 0 saturated heterocycles. The Morgan fingerprint density at radius 2 is 2.05 bits per heavy atom. The van der Waals surface area contributed by atoms with Crippen molar-refractivity contribution in [3.05, 3.63) is 56.9 Å². The number of benzene rings is 1. The summed E-state index contributed by atoms with van der Waals surface area (Å²) < 4.78 is 0. The molecule has 0 atom stereocenters. The standard InChI is InChI=1S/C17H18N2OS/c1-10-8-21-9-14(10)7-18-17(20)13-4-5-16-15(6-13)11(2)12(3)19-16/h4-6,8-9,19H,7H2,1-3H3,(H,18,20). The summed E-state index contributed by atoms with van der Waals surface area (Å²) in [6.07, 6.45) is 0. The Bertz CT molecular complexity index is 813. The Balaban J connectivity index is 1.81. The maximum Gasteiger partial charge on any atom is 0.251 e. The number of hydrogen-bond acceptors (Lipinski definition) is 2. The number of nitrogens with one attached hydrogen (secondary N) is 2. The van der Waals surface area contributed by atoms with Gasteiger partial charge in [-0.3, -0.25) is 4.79 Å². The molecule has 0 aliphatic heterocycles. The molecule has 3 rings (SSSR count). The van der Waals surface area contributed by atoms with Crippen LogP contribution in [0.25, 0.3) is 10.9 Å². The van der Waals surface area contributed by atoms with E-state index in [9.17, 15) is 4.79 Å². The number of aromatic amines is 1. The Hall–Kier alpha value is -2.07. The van der Waals surface area contributed by atoms with Gasteiger partial charge in [-0.05, 0) is 66.4 Å². The number of carbonyl (C=O) groups excluding carboxylic acids is 1. The molecular formula is C17H18N2OS. The van der Waals surface area contributed by atoms with Crippen molar-refractivity contribution in [3.8, 4) is 0 Å². The van der Waals surface area contributed by atoms with Crippen LogP contribution in [0.3, 0.4) is 0 Å². The first kappa shape index (κ1) is 13.9. The minimum absolute atomic E-state index is 0.0271. The highest BCUT2D eigenvalue weighted by atomic mass is 32.1. The lowest BCUT2D eigenvalue weighted by atomic mass is 10.1. The summed E-state index contributed by atoms with van der Waals surface area (Å²) in [5.41, 5.74) is 6.55. The van der Waals surface area contributed by atoms with E-state index < -0.39 is 0 Å². The third-order valence-corrected chi connectivity index (χ3v) is 4.88. The molecule has 4 heteroatoms. The lowest BCUT2D eigenvalue weighted by Gasteiger charge is -2.05. The Labute approximate surface area is 128 Å². The van der Waals surface area contributed by atoms with Gasteiger partial charge in [-0.15, -0.1) is 0 Å². The van der Waals surface area contributed by atoms with E-state index in [1.54, 1.807) is 11.3 Å². The molecule has 0 aliphatic rings. The molecular weight excluding hydrogens is 280 g/mol. The summed E-state index contributed by atoms with van der Waals surface area (Å²) >= 11 is 1.66. The first-order valence-electron chi connectivity index (χ1n) is 6.95. The van der Waals surface area contributed by atoms with Crippen molar-refractivity contribution in [1.29, 1.82) is 0 Å². The van der Waals surface area contributed by atoms with Crippen LogP contribution in [0.15, 0.2) is 29.0 Å². The lowest BCUT2D eigenvalue weighted by molar-refractivity contribution is 0.0951. The van der Waals surface area contributed by atoms with Gasteiger partial charge in [0.05, 0.1) is 0 Å². The van der Waals surface area contributed by atoms with Crippen LogP contribution in [0.1, 0.15) is 32.7 Å². The number of H-pyrrole nitrogens is 1. The average Bonchev–Trinajstić information content (AvgIpc) is 3.01. The fourth-order valence-corrected chi connectivity index (χ4v) is 3.31. The van der Waals surface area contributed by atoms with Crippen molar-refractivity contribution in [2.75, 3.05) is 0 Å². The number of aryl methyl sites for hydroxylation is 3. The van der Waals surface area contributed by atoms with E-state index in [0.717, 1.165) is 16.6 Å². The van der Waals surface area contributed by atoms with E-state index in [0.29, 0.717) is 12.1 Å². The minimum atomic E-state index is -0.0271. The number of aromatic nitrogens is 1. The predicted molar refractivity (Wildman–Crippen MR) is 88.0 cm³/mol. The van der Waals surface area contributed by atoms with Crippen LogP contribution in [-0.4, -0.2) is 10.9 Å². The number of rotatable bonds is 3. The molecule has 3 nitrogen and oxygen atoms in total. The Morgan fingerprint density at radius 3 is 2.76 bits per heavy atom. The van der Waals surface area contributed by atoms with Crippen LogP contribution in [-0.2, 0) is 6.54 Å². The van der Waals surface area contributed by atoms with Crippen LogP contribution in [0, 0.1) is 20.8 Å². The van der Waals surface area contributed by atoms with Crippen LogP contribution in [0.5, 0.6) is 0 Å². The molecule has 2 N–H and O–H groups in total. The van der Waals surface area contributed by atoms with Crippen molar-refractivity contribution < 1.29 is 4.79 Å². The third-order valence-electron chi connectivity index (χ3n) is 3.97. The molecule has 2 aromatic heterocycles. The van der Waals surface area contributed by atoms with Gasteiger partial charge in [0.1, 0.15) is 0 Å². The second-order valence-corrected chi connectivity index (χ2v) is 6.14. The van der Waals surface area contributed by atoms with Crippen LogP contribution >= 0.6 is 11.3 Å². The van der Waals surface area contributed by atoms with Gasteiger partial charge in [-0.25, -0.2) is 0 Å². The van der Waals surface area contributed by atoms with Gasteiger partial charge in [0.2, 0.25) is 0 Å². The minimum Gasteiger partial charge on any atom is -0.358 e. The van der Waals surface area contributed by atoms with Gasteiger partial charge in [-0.2, -0.15) is 11.3 Å². The van der Waals surface area contributed by atoms with Gasteiger partial charge < -0.3 is 10.3 Å². The van der Waals surface area contributed by atoms with Crippen LogP contribution in [0.4, 0.5) is 0 Å². The summed E-state index contributed by atoms with van der Waals surface area (Å²) in [5, 5.41) is 8.29. The highest BCUT2D eigenvalue weighted by molar-refractivity contribution is 7.08. The summed E-state index contributed by atoms with van der Waals surface area (Å²) in [6, 6.07) is 5.80. The molecule has 21 heavy (non-hydrogen) atoms. The van der Waals surface area contributed by atoms with Crippen molar-refractivity contribution in [2.24, 2.45) is 0 Å². The molecule has 0 bridgehead atoms. The van der Waals surface area contributed by atoms with Crippen LogP contribution < -0.4 is 5.32 Å². The second-order valence-electron chi connectivity index (χ2n) is 5.40. The zero-order valence-corrected chi connectivity index (χ0v) is 13.2. The van der Waals surface area contributed by atoms with Gasteiger partial charge in [-0.1, -0.05) is 0 Å². The van der Waals surface area contributed by atoms with Gasteiger partial charge in [0.15, 0.2) is 0 Å². The zero-order chi connectivity index (χ0) is 15.0. The van der Waals surface area contributed by atoms with Gasteiger partial charge in [0, 0.05) is 28.7 Å². The molecule has 0 aliphatic carbocycles. The maximum absolute atomic E-state index is 12.3. The van der Waals surface area contributed by atoms with Crippen molar-refractivity contribution in [3.63, 3.8) is 0 Å². The summed E-state index contributed by atoms with van der Waals surface area (Å²) in [5.74, 6) is -0.0271. The second kappa shape index (κ2) is 5.37. The number of carbonyl (C=O) groups is 1. The highest BCUT2D eigenvalue weighted by Gasteiger charge is 2.10. The molecule has 0 saturated carbocycles. The number of fused-ring (bicyclic) bond motifs is 1. The van der Waals surface area contributed by atoms with Crippen LogP contribution in [0.2, 0.25) is 0 Å². The fraction of sp³-hybridized carbons (Fsp3) is 0.235. The van der Waals surface area contributed by atoms with Crippen molar-refractivity contribution >= 4 is 28.1 Å². The summed E-state index contributed by atoms with van der Waals surface area (Å²) in [6.45, 7) is 6.77.